The highest BCUT2D eigenvalue weighted by atomic mass is 16.5. The van der Waals surface area contributed by atoms with Gasteiger partial charge in [-0.15, -0.1) is 0 Å². The van der Waals surface area contributed by atoms with Crippen molar-refractivity contribution in [3.8, 4) is 0 Å². The van der Waals surface area contributed by atoms with Gasteiger partial charge in [0.1, 0.15) is 0 Å². The van der Waals surface area contributed by atoms with Crippen LogP contribution in [0.1, 0.15) is 43.7 Å². The van der Waals surface area contributed by atoms with Crippen molar-refractivity contribution in [2.45, 2.75) is 45.2 Å². The second-order valence-corrected chi connectivity index (χ2v) is 6.21. The smallest absolute Gasteiger partial charge is 0.0480 e. The van der Waals surface area contributed by atoms with E-state index in [0.29, 0.717) is 12.0 Å². The van der Waals surface area contributed by atoms with Gasteiger partial charge in [0.15, 0.2) is 0 Å². The summed E-state index contributed by atoms with van der Waals surface area (Å²) in [5.41, 5.74) is 2.83. The maximum Gasteiger partial charge on any atom is 0.0480 e. The fourth-order valence-electron chi connectivity index (χ4n) is 2.97. The molecule has 1 aromatic carbocycles. The van der Waals surface area contributed by atoms with Gasteiger partial charge >= 0.3 is 0 Å². The molecule has 0 bridgehead atoms. The number of likely N-dealkylation sites (N-methyl/N-ethyl adjacent to an activating group) is 1. The maximum absolute atomic E-state index is 5.44. The summed E-state index contributed by atoms with van der Waals surface area (Å²) in [7, 11) is 2.23. The standard InChI is InChI=1S/C18H30N2O/c1-4-19-13-15(2)17-7-5-16(6-8-17)14-20(3)18-9-11-21-12-10-18/h5-8,15,18-19H,4,9-14H2,1-3H3. The van der Waals surface area contributed by atoms with E-state index in [1.54, 1.807) is 0 Å². The van der Waals surface area contributed by atoms with Gasteiger partial charge in [0, 0.05) is 32.3 Å². The molecule has 3 nitrogen and oxygen atoms in total. The zero-order valence-electron chi connectivity index (χ0n) is 13.8. The lowest BCUT2D eigenvalue weighted by atomic mass is 9.99. The SMILES string of the molecule is CCNCC(C)c1ccc(CN(C)C2CCOCC2)cc1. The first-order valence-corrected chi connectivity index (χ1v) is 8.28. The molecule has 0 saturated carbocycles. The average molecular weight is 290 g/mol. The Balaban J connectivity index is 1.86. The third-order valence-electron chi connectivity index (χ3n) is 4.50. The van der Waals surface area contributed by atoms with Crippen LogP contribution < -0.4 is 5.32 Å². The molecule has 0 radical (unpaired) electrons. The van der Waals surface area contributed by atoms with Crippen LogP contribution in [0.2, 0.25) is 0 Å². The van der Waals surface area contributed by atoms with E-state index in [4.69, 9.17) is 4.74 Å². The highest BCUT2D eigenvalue weighted by Crippen LogP contribution is 2.18. The molecule has 0 aromatic heterocycles. The summed E-state index contributed by atoms with van der Waals surface area (Å²) < 4.78 is 5.44. The van der Waals surface area contributed by atoms with Gasteiger partial charge in [-0.25, -0.2) is 0 Å². The zero-order valence-corrected chi connectivity index (χ0v) is 13.8. The Bertz CT molecular complexity index is 398. The van der Waals surface area contributed by atoms with Crippen LogP contribution in [0.15, 0.2) is 24.3 Å². The number of rotatable bonds is 7. The molecule has 1 aliphatic rings. The molecule has 0 amide bonds. The molecule has 1 aliphatic heterocycles. The summed E-state index contributed by atoms with van der Waals surface area (Å²) in [6.07, 6.45) is 2.32. The van der Waals surface area contributed by atoms with E-state index in [1.807, 2.05) is 0 Å². The third-order valence-corrected chi connectivity index (χ3v) is 4.50. The van der Waals surface area contributed by atoms with E-state index >= 15 is 0 Å². The Hall–Kier alpha value is -0.900. The van der Waals surface area contributed by atoms with Crippen LogP contribution in [-0.4, -0.2) is 44.3 Å². The van der Waals surface area contributed by atoms with E-state index in [-0.39, 0.29) is 0 Å². The molecule has 21 heavy (non-hydrogen) atoms. The van der Waals surface area contributed by atoms with E-state index in [0.717, 1.165) is 45.7 Å². The van der Waals surface area contributed by atoms with Crippen LogP contribution in [0, 0.1) is 0 Å². The molecule has 0 spiro atoms. The van der Waals surface area contributed by atoms with Gasteiger partial charge in [-0.1, -0.05) is 38.1 Å². The highest BCUT2D eigenvalue weighted by Gasteiger charge is 2.18. The monoisotopic (exact) mass is 290 g/mol. The fourth-order valence-corrected chi connectivity index (χ4v) is 2.97. The van der Waals surface area contributed by atoms with Crippen molar-refractivity contribution < 1.29 is 4.74 Å². The average Bonchev–Trinajstić information content (AvgIpc) is 2.54. The summed E-state index contributed by atoms with van der Waals surface area (Å²) in [5.74, 6) is 0.576. The Kier molecular flexibility index (Phi) is 6.68. The van der Waals surface area contributed by atoms with E-state index in [2.05, 4.69) is 55.4 Å². The van der Waals surface area contributed by atoms with Crippen molar-refractivity contribution in [2.24, 2.45) is 0 Å². The second kappa shape index (κ2) is 8.52. The van der Waals surface area contributed by atoms with E-state index in [9.17, 15) is 0 Å². The van der Waals surface area contributed by atoms with Crippen LogP contribution in [0.3, 0.4) is 0 Å². The van der Waals surface area contributed by atoms with Crippen LogP contribution in [-0.2, 0) is 11.3 Å². The van der Waals surface area contributed by atoms with Gasteiger partial charge in [0.05, 0.1) is 0 Å². The number of ether oxygens (including phenoxy) is 1. The van der Waals surface area contributed by atoms with Crippen molar-refractivity contribution in [2.75, 3.05) is 33.4 Å². The molecule has 1 heterocycles. The number of hydrogen-bond donors (Lipinski definition) is 1. The molecular weight excluding hydrogens is 260 g/mol. The lowest BCUT2D eigenvalue weighted by Gasteiger charge is -2.31. The van der Waals surface area contributed by atoms with Gasteiger partial charge in [0.2, 0.25) is 0 Å². The van der Waals surface area contributed by atoms with Gasteiger partial charge in [-0.05, 0) is 43.5 Å². The molecule has 1 N–H and O–H groups in total. The van der Waals surface area contributed by atoms with Gasteiger partial charge in [-0.3, -0.25) is 4.90 Å². The van der Waals surface area contributed by atoms with E-state index < -0.39 is 0 Å². The summed E-state index contributed by atoms with van der Waals surface area (Å²) in [4.78, 5) is 2.47. The highest BCUT2D eigenvalue weighted by molar-refractivity contribution is 5.25. The maximum atomic E-state index is 5.44. The van der Waals surface area contributed by atoms with E-state index in [1.165, 1.54) is 11.1 Å². The molecule has 1 fully saturated rings. The first kappa shape index (κ1) is 16.5. The minimum Gasteiger partial charge on any atom is -0.381 e. The molecule has 1 saturated heterocycles. The van der Waals surface area contributed by atoms with Gasteiger partial charge in [0.25, 0.3) is 0 Å². The van der Waals surface area contributed by atoms with Crippen molar-refractivity contribution in [3.63, 3.8) is 0 Å². The zero-order chi connectivity index (χ0) is 15.1. The van der Waals surface area contributed by atoms with Gasteiger partial charge < -0.3 is 10.1 Å². The van der Waals surface area contributed by atoms with Gasteiger partial charge in [-0.2, -0.15) is 0 Å². The van der Waals surface area contributed by atoms with Crippen molar-refractivity contribution in [1.82, 2.24) is 10.2 Å². The first-order valence-electron chi connectivity index (χ1n) is 8.28. The molecule has 1 aromatic rings. The molecule has 1 unspecified atom stereocenters. The first-order chi connectivity index (χ1) is 10.2. The normalized spacial score (nSPS) is 18.1. The molecule has 3 heteroatoms. The predicted octanol–water partition coefficient (Wildman–Crippen LogP) is 3.01. The van der Waals surface area contributed by atoms with Crippen LogP contribution >= 0.6 is 0 Å². The summed E-state index contributed by atoms with van der Waals surface area (Å²) in [5, 5.41) is 3.42. The molecule has 0 aliphatic carbocycles. The van der Waals surface area contributed by atoms with Crippen LogP contribution in [0.4, 0.5) is 0 Å². The molecule has 2 rings (SSSR count). The summed E-state index contributed by atoms with van der Waals surface area (Å²) >= 11 is 0. The number of nitrogens with zero attached hydrogens (tertiary/aromatic N) is 1. The van der Waals surface area contributed by atoms with Crippen LogP contribution in [0.5, 0.6) is 0 Å². The Labute approximate surface area is 129 Å². The summed E-state index contributed by atoms with van der Waals surface area (Å²) in [6.45, 7) is 9.39. The second-order valence-electron chi connectivity index (χ2n) is 6.21. The largest absolute Gasteiger partial charge is 0.381 e. The predicted molar refractivity (Wildman–Crippen MR) is 88.7 cm³/mol. The minimum atomic E-state index is 0.576. The number of nitrogens with one attached hydrogen (secondary N) is 1. The minimum absolute atomic E-state index is 0.576. The summed E-state index contributed by atoms with van der Waals surface area (Å²) in [6, 6.07) is 9.82. The van der Waals surface area contributed by atoms with Crippen molar-refractivity contribution >= 4 is 0 Å². The lowest BCUT2D eigenvalue weighted by molar-refractivity contribution is 0.0407. The fraction of sp³-hybridized carbons (Fsp3) is 0.667. The molecule has 118 valence electrons. The number of benzene rings is 1. The third kappa shape index (κ3) is 5.10. The van der Waals surface area contributed by atoms with Crippen molar-refractivity contribution in [3.05, 3.63) is 35.4 Å². The Morgan fingerprint density at radius 2 is 1.90 bits per heavy atom. The quantitative estimate of drug-likeness (QED) is 0.835. The topological polar surface area (TPSA) is 24.5 Å². The Morgan fingerprint density at radius 1 is 1.24 bits per heavy atom. The van der Waals surface area contributed by atoms with Crippen LogP contribution in [0.25, 0.3) is 0 Å². The van der Waals surface area contributed by atoms with Crippen molar-refractivity contribution in [1.29, 1.82) is 0 Å². The lowest BCUT2D eigenvalue weighted by Crippen LogP contribution is -2.36. The number of hydrogen-bond acceptors (Lipinski definition) is 3. The molecular formula is C18H30N2O. The molecule has 1 atom stereocenters. The Morgan fingerprint density at radius 3 is 2.52 bits per heavy atom.